The largest absolute Gasteiger partial charge is 0.458 e. The first-order valence-electron chi connectivity index (χ1n) is 7.11. The van der Waals surface area contributed by atoms with Crippen LogP contribution in [0.5, 0.6) is 0 Å². The van der Waals surface area contributed by atoms with Gasteiger partial charge in [-0.15, -0.1) is 0 Å². The molecule has 1 aliphatic heterocycles. The van der Waals surface area contributed by atoms with E-state index in [0.29, 0.717) is 13.0 Å². The van der Waals surface area contributed by atoms with E-state index in [1.54, 1.807) is 0 Å². The van der Waals surface area contributed by atoms with Crippen molar-refractivity contribution in [1.29, 1.82) is 0 Å². The summed E-state index contributed by atoms with van der Waals surface area (Å²) in [6, 6.07) is -0.543. The van der Waals surface area contributed by atoms with Crippen molar-refractivity contribution in [1.82, 2.24) is 4.90 Å². The van der Waals surface area contributed by atoms with Gasteiger partial charge in [-0.25, -0.2) is 9.59 Å². The maximum atomic E-state index is 12.2. The standard InChI is InChI=1S/C15H27NO4/c1-10-8-11(12(17)19-14(2,3)4)16(9-10)13(18)20-15(5,6)7/h10-11H,8-9H2,1-7H3. The summed E-state index contributed by atoms with van der Waals surface area (Å²) in [5.41, 5.74) is -1.12. The van der Waals surface area contributed by atoms with Gasteiger partial charge in [0.2, 0.25) is 0 Å². The highest BCUT2D eigenvalue weighted by molar-refractivity contribution is 5.82. The van der Waals surface area contributed by atoms with E-state index in [9.17, 15) is 9.59 Å². The van der Waals surface area contributed by atoms with E-state index in [2.05, 4.69) is 0 Å². The molecule has 1 rings (SSSR count). The lowest BCUT2D eigenvalue weighted by Gasteiger charge is -2.29. The van der Waals surface area contributed by atoms with Crippen molar-refractivity contribution in [2.75, 3.05) is 6.54 Å². The molecule has 1 aliphatic rings. The molecule has 116 valence electrons. The predicted molar refractivity (Wildman–Crippen MR) is 76.4 cm³/mol. The molecule has 0 bridgehead atoms. The van der Waals surface area contributed by atoms with Crippen LogP contribution in [0.4, 0.5) is 4.79 Å². The van der Waals surface area contributed by atoms with Crippen LogP contribution in [-0.2, 0) is 14.3 Å². The number of ether oxygens (including phenoxy) is 2. The number of rotatable bonds is 1. The number of likely N-dealkylation sites (tertiary alicyclic amines) is 1. The Morgan fingerprint density at radius 2 is 1.50 bits per heavy atom. The smallest absolute Gasteiger partial charge is 0.411 e. The van der Waals surface area contributed by atoms with Gasteiger partial charge in [0.25, 0.3) is 0 Å². The van der Waals surface area contributed by atoms with Gasteiger partial charge in [-0.1, -0.05) is 6.92 Å². The summed E-state index contributed by atoms with van der Waals surface area (Å²) in [7, 11) is 0. The molecule has 0 aliphatic carbocycles. The van der Waals surface area contributed by atoms with E-state index in [0.717, 1.165) is 0 Å². The van der Waals surface area contributed by atoms with E-state index < -0.39 is 23.3 Å². The van der Waals surface area contributed by atoms with Gasteiger partial charge >= 0.3 is 12.1 Å². The van der Waals surface area contributed by atoms with Gasteiger partial charge in [-0.2, -0.15) is 0 Å². The Hall–Kier alpha value is -1.26. The third kappa shape index (κ3) is 5.02. The number of esters is 1. The molecule has 0 N–H and O–H groups in total. The summed E-state index contributed by atoms with van der Waals surface area (Å²) >= 11 is 0. The molecule has 0 aromatic carbocycles. The van der Waals surface area contributed by atoms with Crippen LogP contribution in [0.25, 0.3) is 0 Å². The van der Waals surface area contributed by atoms with Crippen molar-refractivity contribution in [3.05, 3.63) is 0 Å². The molecule has 1 fully saturated rings. The topological polar surface area (TPSA) is 55.8 Å². The summed E-state index contributed by atoms with van der Waals surface area (Å²) in [5.74, 6) is -0.0901. The Morgan fingerprint density at radius 1 is 1.00 bits per heavy atom. The van der Waals surface area contributed by atoms with Crippen LogP contribution >= 0.6 is 0 Å². The molecule has 1 heterocycles. The van der Waals surface area contributed by atoms with E-state index in [4.69, 9.17) is 9.47 Å². The fourth-order valence-electron chi connectivity index (χ4n) is 2.16. The molecule has 0 aromatic rings. The van der Waals surface area contributed by atoms with Gasteiger partial charge in [0, 0.05) is 6.54 Å². The van der Waals surface area contributed by atoms with Crippen LogP contribution in [0.15, 0.2) is 0 Å². The Kier molecular flexibility index (Phi) is 4.72. The second kappa shape index (κ2) is 5.62. The molecule has 0 spiro atoms. The fourth-order valence-corrected chi connectivity index (χ4v) is 2.16. The predicted octanol–water partition coefficient (Wildman–Crippen LogP) is 2.97. The van der Waals surface area contributed by atoms with Crippen molar-refractivity contribution >= 4 is 12.1 Å². The van der Waals surface area contributed by atoms with Gasteiger partial charge < -0.3 is 9.47 Å². The van der Waals surface area contributed by atoms with E-state index >= 15 is 0 Å². The average Bonchev–Trinajstić information content (AvgIpc) is 2.55. The van der Waals surface area contributed by atoms with Crippen LogP contribution in [-0.4, -0.2) is 40.8 Å². The van der Waals surface area contributed by atoms with Crippen molar-refractivity contribution in [2.45, 2.75) is 72.1 Å². The minimum Gasteiger partial charge on any atom is -0.458 e. The first kappa shape index (κ1) is 16.8. The number of carbonyl (C=O) groups excluding carboxylic acids is 2. The fraction of sp³-hybridized carbons (Fsp3) is 0.867. The molecule has 0 radical (unpaired) electrons. The third-order valence-corrected chi connectivity index (χ3v) is 2.82. The zero-order valence-electron chi connectivity index (χ0n) is 13.6. The zero-order chi connectivity index (χ0) is 15.7. The van der Waals surface area contributed by atoms with Crippen LogP contribution < -0.4 is 0 Å². The molecule has 5 nitrogen and oxygen atoms in total. The Labute approximate surface area is 121 Å². The molecule has 0 saturated carbocycles. The molecule has 1 amide bonds. The van der Waals surface area contributed by atoms with Crippen molar-refractivity contribution in [3.63, 3.8) is 0 Å². The van der Waals surface area contributed by atoms with Gasteiger partial charge in [0.15, 0.2) is 0 Å². The highest BCUT2D eigenvalue weighted by Gasteiger charge is 2.41. The second-order valence-electron chi connectivity index (χ2n) is 7.52. The molecule has 0 aromatic heterocycles. The Bertz CT molecular complexity index is 342. The summed E-state index contributed by atoms with van der Waals surface area (Å²) in [4.78, 5) is 25.9. The molecule has 1 saturated heterocycles. The lowest BCUT2D eigenvalue weighted by atomic mass is 10.1. The Balaban J connectivity index is 2.78. The molecule has 20 heavy (non-hydrogen) atoms. The van der Waals surface area contributed by atoms with Crippen molar-refractivity contribution in [3.8, 4) is 0 Å². The zero-order valence-corrected chi connectivity index (χ0v) is 13.6. The van der Waals surface area contributed by atoms with Crippen LogP contribution in [0.1, 0.15) is 54.9 Å². The lowest BCUT2D eigenvalue weighted by molar-refractivity contribution is -0.160. The van der Waals surface area contributed by atoms with Gasteiger partial charge in [-0.3, -0.25) is 4.90 Å². The van der Waals surface area contributed by atoms with Crippen molar-refractivity contribution < 1.29 is 19.1 Å². The van der Waals surface area contributed by atoms with Crippen LogP contribution in [0.3, 0.4) is 0 Å². The molecular formula is C15H27NO4. The minimum absolute atomic E-state index is 0.264. The summed E-state index contributed by atoms with van der Waals surface area (Å²) in [5, 5.41) is 0. The molecule has 2 unspecified atom stereocenters. The summed E-state index contributed by atoms with van der Waals surface area (Å²) in [6.07, 6.45) is 0.173. The van der Waals surface area contributed by atoms with Crippen LogP contribution in [0.2, 0.25) is 0 Å². The summed E-state index contributed by atoms with van der Waals surface area (Å²) < 4.78 is 10.8. The Morgan fingerprint density at radius 3 is 1.95 bits per heavy atom. The second-order valence-corrected chi connectivity index (χ2v) is 7.52. The number of hydrogen-bond donors (Lipinski definition) is 0. The third-order valence-electron chi connectivity index (χ3n) is 2.82. The first-order chi connectivity index (χ1) is 8.89. The monoisotopic (exact) mass is 285 g/mol. The maximum Gasteiger partial charge on any atom is 0.411 e. The number of nitrogens with zero attached hydrogens (tertiary/aromatic N) is 1. The van der Waals surface area contributed by atoms with E-state index in [1.807, 2.05) is 48.5 Å². The van der Waals surface area contributed by atoms with Crippen molar-refractivity contribution in [2.24, 2.45) is 5.92 Å². The first-order valence-corrected chi connectivity index (χ1v) is 7.11. The van der Waals surface area contributed by atoms with Gasteiger partial charge in [-0.05, 0) is 53.9 Å². The lowest BCUT2D eigenvalue weighted by Crippen LogP contribution is -2.45. The van der Waals surface area contributed by atoms with Gasteiger partial charge in [0.05, 0.1) is 0 Å². The average molecular weight is 285 g/mol. The minimum atomic E-state index is -0.568. The molecule has 2 atom stereocenters. The van der Waals surface area contributed by atoms with E-state index in [1.165, 1.54) is 4.90 Å². The number of hydrogen-bond acceptors (Lipinski definition) is 4. The number of amides is 1. The normalized spacial score (nSPS) is 23.6. The maximum absolute atomic E-state index is 12.2. The van der Waals surface area contributed by atoms with E-state index in [-0.39, 0.29) is 11.9 Å². The summed E-state index contributed by atoms with van der Waals surface area (Å²) in [6.45, 7) is 13.4. The SMILES string of the molecule is CC1CC(C(=O)OC(C)(C)C)N(C(=O)OC(C)(C)C)C1. The van der Waals surface area contributed by atoms with Gasteiger partial charge in [0.1, 0.15) is 17.2 Å². The molecular weight excluding hydrogens is 258 g/mol. The highest BCUT2D eigenvalue weighted by Crippen LogP contribution is 2.27. The van der Waals surface area contributed by atoms with Crippen LogP contribution in [0, 0.1) is 5.92 Å². The number of carbonyl (C=O) groups is 2. The highest BCUT2D eigenvalue weighted by atomic mass is 16.6. The molecule has 5 heteroatoms. The quantitative estimate of drug-likeness (QED) is 0.695.